The van der Waals surface area contributed by atoms with Gasteiger partial charge in [0, 0.05) is 0 Å². The number of hydrogen-bond donors (Lipinski definition) is 0. The molecule has 0 unspecified atom stereocenters. The molecule has 0 saturated heterocycles. The summed E-state index contributed by atoms with van der Waals surface area (Å²) >= 11 is 1.25. The van der Waals surface area contributed by atoms with Crippen molar-refractivity contribution in [3.05, 3.63) is 21.1 Å². The van der Waals surface area contributed by atoms with Crippen LogP contribution in [0.25, 0.3) is 0 Å². The molecule has 1 rings (SSSR count). The van der Waals surface area contributed by atoms with Crippen molar-refractivity contribution in [2.24, 2.45) is 5.92 Å². The third kappa shape index (κ3) is 1.64. The molecule has 0 spiro atoms. The molecule has 1 heteroatoms. The van der Waals surface area contributed by atoms with E-state index in [1.54, 1.807) is 8.90 Å². The predicted octanol–water partition coefficient (Wildman–Crippen LogP) is 2.40. The van der Waals surface area contributed by atoms with E-state index < -0.39 is 0 Å². The van der Waals surface area contributed by atoms with Gasteiger partial charge in [0.1, 0.15) is 0 Å². The number of hydrogen-bond acceptors (Lipinski definition) is 0. The summed E-state index contributed by atoms with van der Waals surface area (Å²) in [5.41, 5.74) is 1.60. The van der Waals surface area contributed by atoms with Crippen molar-refractivity contribution < 1.29 is 24.4 Å². The Kier molecular flexibility index (Phi) is 2.45. The Morgan fingerprint density at radius 3 is 2.44 bits per heavy atom. The molecule has 1 aliphatic rings. The van der Waals surface area contributed by atoms with Gasteiger partial charge in [-0.3, -0.25) is 0 Å². The molecular weight excluding hydrogens is 275 g/mol. The van der Waals surface area contributed by atoms with Crippen LogP contribution in [0.1, 0.15) is 20.3 Å². The molecule has 0 saturated carbocycles. The second-order valence-electron chi connectivity index (χ2n) is 2.70. The third-order valence-electron chi connectivity index (χ3n) is 1.59. The molecule has 1 aliphatic carbocycles. The van der Waals surface area contributed by atoms with Crippen molar-refractivity contribution in [1.29, 1.82) is 0 Å². The van der Waals surface area contributed by atoms with E-state index >= 15 is 0 Å². The molecule has 0 fully saturated rings. The van der Waals surface area contributed by atoms with Crippen LogP contribution in [0.3, 0.4) is 0 Å². The number of rotatable bonds is 1. The van der Waals surface area contributed by atoms with Gasteiger partial charge >= 0.3 is 71.6 Å². The summed E-state index contributed by atoms with van der Waals surface area (Å²) in [6.45, 7) is 4.53. The summed E-state index contributed by atoms with van der Waals surface area (Å²) in [5, 5.41) is 0. The Balaban J connectivity index is 2.77. The van der Waals surface area contributed by atoms with Crippen LogP contribution in [-0.4, -0.2) is 0 Å². The van der Waals surface area contributed by atoms with Gasteiger partial charge < -0.3 is 0 Å². The van der Waals surface area contributed by atoms with Crippen LogP contribution < -0.4 is 0 Å². The van der Waals surface area contributed by atoms with Crippen LogP contribution in [0.15, 0.2) is 21.1 Å². The third-order valence-corrected chi connectivity index (χ3v) is 3.36. The van der Waals surface area contributed by atoms with Gasteiger partial charge in [0.15, 0.2) is 0 Å². The van der Waals surface area contributed by atoms with Gasteiger partial charge in [-0.2, -0.15) is 0 Å². The average molecular weight is 286 g/mol. The summed E-state index contributed by atoms with van der Waals surface area (Å²) in [4.78, 5) is 0. The Labute approximate surface area is 71.6 Å². The Hall–Kier alpha value is 0.350. The maximum atomic E-state index is 2.28. The minimum atomic E-state index is 0.747. The van der Waals surface area contributed by atoms with E-state index in [1.807, 2.05) is 0 Å². The van der Waals surface area contributed by atoms with Crippen LogP contribution in [0.2, 0.25) is 0 Å². The summed E-state index contributed by atoms with van der Waals surface area (Å²) in [6.07, 6.45) is 5.80. The fourth-order valence-electron chi connectivity index (χ4n) is 1.06. The topological polar surface area (TPSA) is 0 Å². The molecule has 0 amide bonds. The first-order valence-electron chi connectivity index (χ1n) is 3.33. The van der Waals surface area contributed by atoms with E-state index in [1.165, 1.54) is 30.8 Å². The Bertz CT molecular complexity index is 163. The molecule has 0 aromatic rings. The average Bonchev–Trinajstić information content (AvgIpc) is 2.13. The van der Waals surface area contributed by atoms with Gasteiger partial charge in [-0.25, -0.2) is 0 Å². The van der Waals surface area contributed by atoms with E-state index in [-0.39, 0.29) is 0 Å². The second-order valence-corrected chi connectivity index (χ2v) is 4.86. The maximum absolute atomic E-state index is 2.28. The summed E-state index contributed by atoms with van der Waals surface area (Å²) < 4.78 is 1.69. The van der Waals surface area contributed by atoms with Gasteiger partial charge in [-0.1, -0.05) is 0 Å². The van der Waals surface area contributed by atoms with Gasteiger partial charge in [-0.15, -0.1) is 0 Å². The fraction of sp³-hybridized carbons (Fsp3) is 0.500. The summed E-state index contributed by atoms with van der Waals surface area (Å²) in [6, 6.07) is 0. The van der Waals surface area contributed by atoms with Gasteiger partial charge in [0.05, 0.1) is 0 Å². The predicted molar refractivity (Wildman–Crippen MR) is 35.6 cm³/mol. The van der Waals surface area contributed by atoms with Crippen LogP contribution in [-0.2, 0) is 24.4 Å². The van der Waals surface area contributed by atoms with E-state index in [9.17, 15) is 0 Å². The van der Waals surface area contributed by atoms with Crippen molar-refractivity contribution in [2.45, 2.75) is 20.3 Å². The van der Waals surface area contributed by atoms with Crippen LogP contribution in [0.4, 0.5) is 0 Å². The zero-order valence-corrected chi connectivity index (χ0v) is 9.53. The zero-order valence-electron chi connectivity index (χ0n) is 5.94. The summed E-state index contributed by atoms with van der Waals surface area (Å²) in [7, 11) is 0. The second kappa shape index (κ2) is 2.96. The van der Waals surface area contributed by atoms with E-state index in [0.29, 0.717) is 0 Å². The van der Waals surface area contributed by atoms with Crippen molar-refractivity contribution in [3.8, 4) is 0 Å². The molecule has 0 aromatic heterocycles. The van der Waals surface area contributed by atoms with E-state index in [0.717, 1.165) is 5.92 Å². The van der Waals surface area contributed by atoms with Crippen LogP contribution in [0.5, 0.6) is 0 Å². The molecule has 0 atom stereocenters. The first-order chi connectivity index (χ1) is 4.22. The van der Waals surface area contributed by atoms with E-state index in [4.69, 9.17) is 0 Å². The molecule has 0 bridgehead atoms. The molecule has 0 aliphatic heterocycles. The molecule has 0 heterocycles. The van der Waals surface area contributed by atoms with Gasteiger partial charge in [0.2, 0.25) is 0 Å². The first kappa shape index (κ1) is 7.46. The van der Waals surface area contributed by atoms with Crippen LogP contribution >= 0.6 is 0 Å². The minimum absolute atomic E-state index is 0.747. The molecule has 9 heavy (non-hydrogen) atoms. The van der Waals surface area contributed by atoms with Crippen molar-refractivity contribution in [1.82, 2.24) is 0 Å². The van der Waals surface area contributed by atoms with Crippen molar-refractivity contribution in [3.63, 3.8) is 0 Å². The fourth-order valence-corrected chi connectivity index (χ4v) is 2.82. The van der Waals surface area contributed by atoms with Crippen molar-refractivity contribution in [2.75, 3.05) is 0 Å². The standard InChI is InChI=1S/C8H11.Hf/c1-7(2)8-5-3-4-6-8;/h3,5,7H,4H2,1-2H3;. The normalized spacial score (nSPS) is 18.0. The van der Waals surface area contributed by atoms with Crippen molar-refractivity contribution >= 4 is 0 Å². The quantitative estimate of drug-likeness (QED) is 0.649. The molecule has 47 valence electrons. The van der Waals surface area contributed by atoms with Crippen LogP contribution in [0, 0.1) is 5.92 Å². The first-order valence-corrected chi connectivity index (χ1v) is 5.12. The van der Waals surface area contributed by atoms with Gasteiger partial charge in [0.25, 0.3) is 0 Å². The Morgan fingerprint density at radius 2 is 2.22 bits per heavy atom. The van der Waals surface area contributed by atoms with E-state index in [2.05, 4.69) is 26.0 Å². The Morgan fingerprint density at radius 1 is 1.56 bits per heavy atom. The zero-order chi connectivity index (χ0) is 6.85. The molecule has 0 nitrogen and oxygen atoms in total. The van der Waals surface area contributed by atoms with Gasteiger partial charge in [-0.05, 0) is 0 Å². The monoisotopic (exact) mass is 287 g/mol. The SMILES string of the molecule is CC(C)C1=[C]([Hf])CC=C1. The molecular formula is C8H11Hf. The molecule has 0 aromatic carbocycles. The number of allylic oxidation sites excluding steroid dienone is 4. The molecule has 0 radical (unpaired) electrons. The molecule has 0 N–H and O–H groups in total. The summed E-state index contributed by atoms with van der Waals surface area (Å²) in [5.74, 6) is 0.747.